The fourth-order valence-electron chi connectivity index (χ4n) is 2.66. The van der Waals surface area contributed by atoms with Gasteiger partial charge in [0.25, 0.3) is 5.91 Å². The van der Waals surface area contributed by atoms with Gasteiger partial charge in [-0.15, -0.1) is 0 Å². The van der Waals surface area contributed by atoms with Crippen molar-refractivity contribution in [2.75, 3.05) is 13.2 Å². The summed E-state index contributed by atoms with van der Waals surface area (Å²) in [5, 5.41) is 2.79. The van der Waals surface area contributed by atoms with Gasteiger partial charge in [-0.25, -0.2) is 13.1 Å². The number of sulfonamides is 1. The smallest absolute Gasteiger partial charge is 0.251 e. The van der Waals surface area contributed by atoms with Gasteiger partial charge in [-0.05, 0) is 54.8 Å². The van der Waals surface area contributed by atoms with E-state index in [9.17, 15) is 13.2 Å². The summed E-state index contributed by atoms with van der Waals surface area (Å²) in [6.07, 6.45) is 5.06. The van der Waals surface area contributed by atoms with Crippen molar-refractivity contribution in [1.29, 1.82) is 0 Å². The van der Waals surface area contributed by atoms with Gasteiger partial charge in [0.15, 0.2) is 0 Å². The van der Waals surface area contributed by atoms with Crippen LogP contribution in [-0.2, 0) is 21.3 Å². The normalized spacial score (nSPS) is 17.2. The third-order valence-corrected chi connectivity index (χ3v) is 5.59. The molecule has 1 amide bonds. The number of rotatable bonds is 7. The first-order chi connectivity index (χ1) is 12.5. The SMILES string of the molecule is O=C(NCc1ccncc1)c1ccc(S(=O)(=O)NC[C@@H]2CCCO2)cc1. The lowest BCUT2D eigenvalue weighted by Gasteiger charge is -2.12. The number of hydrogen-bond donors (Lipinski definition) is 2. The highest BCUT2D eigenvalue weighted by molar-refractivity contribution is 7.89. The molecule has 26 heavy (non-hydrogen) atoms. The van der Waals surface area contributed by atoms with Crippen molar-refractivity contribution in [3.05, 3.63) is 59.9 Å². The zero-order valence-corrected chi connectivity index (χ0v) is 15.0. The fraction of sp³-hybridized carbons (Fsp3) is 0.333. The van der Waals surface area contributed by atoms with Crippen LogP contribution in [0.3, 0.4) is 0 Å². The molecule has 0 spiro atoms. The van der Waals surface area contributed by atoms with Gasteiger partial charge < -0.3 is 10.1 Å². The summed E-state index contributed by atoms with van der Waals surface area (Å²) in [6, 6.07) is 9.49. The molecule has 138 valence electrons. The molecule has 0 radical (unpaired) electrons. The highest BCUT2D eigenvalue weighted by atomic mass is 32.2. The van der Waals surface area contributed by atoms with E-state index < -0.39 is 10.0 Å². The molecule has 1 aliphatic rings. The molecule has 2 heterocycles. The predicted molar refractivity (Wildman–Crippen MR) is 96.0 cm³/mol. The maximum absolute atomic E-state index is 12.3. The van der Waals surface area contributed by atoms with E-state index in [1.54, 1.807) is 12.4 Å². The molecule has 3 rings (SSSR count). The van der Waals surface area contributed by atoms with Crippen LogP contribution >= 0.6 is 0 Å². The molecular formula is C18H21N3O4S. The quantitative estimate of drug-likeness (QED) is 0.764. The van der Waals surface area contributed by atoms with Crippen molar-refractivity contribution in [2.24, 2.45) is 0 Å². The topological polar surface area (TPSA) is 97.4 Å². The number of nitrogens with one attached hydrogen (secondary N) is 2. The van der Waals surface area contributed by atoms with E-state index in [-0.39, 0.29) is 23.5 Å². The van der Waals surface area contributed by atoms with Gasteiger partial charge in [0.1, 0.15) is 0 Å². The first-order valence-electron chi connectivity index (χ1n) is 8.43. The molecule has 0 unspecified atom stereocenters. The maximum Gasteiger partial charge on any atom is 0.251 e. The molecule has 1 aromatic heterocycles. The van der Waals surface area contributed by atoms with E-state index in [0.717, 1.165) is 18.4 Å². The van der Waals surface area contributed by atoms with Gasteiger partial charge in [0.2, 0.25) is 10.0 Å². The van der Waals surface area contributed by atoms with Crippen LogP contribution < -0.4 is 10.0 Å². The van der Waals surface area contributed by atoms with Gasteiger partial charge in [-0.1, -0.05) is 0 Å². The van der Waals surface area contributed by atoms with Gasteiger partial charge in [0.05, 0.1) is 11.0 Å². The van der Waals surface area contributed by atoms with E-state index in [2.05, 4.69) is 15.0 Å². The molecule has 1 aliphatic heterocycles. The number of ether oxygens (including phenoxy) is 1. The Morgan fingerprint density at radius 2 is 1.88 bits per heavy atom. The predicted octanol–water partition coefficient (Wildman–Crippen LogP) is 1.47. The van der Waals surface area contributed by atoms with Crippen molar-refractivity contribution in [3.63, 3.8) is 0 Å². The third-order valence-electron chi connectivity index (χ3n) is 4.15. The molecule has 7 nitrogen and oxygen atoms in total. The van der Waals surface area contributed by atoms with E-state index in [0.29, 0.717) is 18.7 Å². The van der Waals surface area contributed by atoms with E-state index >= 15 is 0 Å². The lowest BCUT2D eigenvalue weighted by molar-refractivity contribution is 0.0950. The first-order valence-corrected chi connectivity index (χ1v) is 9.91. The minimum atomic E-state index is -3.61. The fourth-order valence-corrected chi connectivity index (χ4v) is 3.73. The number of benzene rings is 1. The van der Waals surface area contributed by atoms with Crippen LogP contribution in [0.4, 0.5) is 0 Å². The van der Waals surface area contributed by atoms with Crippen molar-refractivity contribution in [2.45, 2.75) is 30.4 Å². The standard InChI is InChI=1S/C18H21N3O4S/c22-18(20-12-14-7-9-19-10-8-14)15-3-5-17(6-4-15)26(23,24)21-13-16-2-1-11-25-16/h3-10,16,21H,1-2,11-13H2,(H,20,22)/t16-/m0/s1. The number of carbonyl (C=O) groups excluding carboxylic acids is 1. The molecule has 1 aromatic carbocycles. The monoisotopic (exact) mass is 375 g/mol. The Labute approximate surface area is 152 Å². The zero-order chi connectivity index (χ0) is 18.4. The average Bonchev–Trinajstić information content (AvgIpc) is 3.19. The summed E-state index contributed by atoms with van der Waals surface area (Å²) in [5.74, 6) is -0.266. The molecule has 0 bridgehead atoms. The van der Waals surface area contributed by atoms with E-state index in [1.807, 2.05) is 12.1 Å². The van der Waals surface area contributed by atoms with Crippen molar-refractivity contribution in [1.82, 2.24) is 15.0 Å². The van der Waals surface area contributed by atoms with Gasteiger partial charge in [0, 0.05) is 37.7 Å². The molecule has 8 heteroatoms. The highest BCUT2D eigenvalue weighted by Crippen LogP contribution is 2.14. The number of aromatic nitrogens is 1. The van der Waals surface area contributed by atoms with Crippen molar-refractivity contribution in [3.8, 4) is 0 Å². The average molecular weight is 375 g/mol. The number of hydrogen-bond acceptors (Lipinski definition) is 5. The Morgan fingerprint density at radius 3 is 2.54 bits per heavy atom. The molecule has 1 atom stereocenters. The van der Waals surface area contributed by atoms with Crippen LogP contribution in [0.5, 0.6) is 0 Å². The molecule has 0 saturated carbocycles. The Bertz CT molecular complexity index is 832. The summed E-state index contributed by atoms with van der Waals surface area (Å²) >= 11 is 0. The third kappa shape index (κ3) is 4.87. The maximum atomic E-state index is 12.3. The van der Waals surface area contributed by atoms with Gasteiger partial charge in [-0.3, -0.25) is 9.78 Å². The Morgan fingerprint density at radius 1 is 1.15 bits per heavy atom. The highest BCUT2D eigenvalue weighted by Gasteiger charge is 2.20. The minimum Gasteiger partial charge on any atom is -0.377 e. The van der Waals surface area contributed by atoms with Crippen LogP contribution in [-0.4, -0.2) is 38.6 Å². The molecule has 1 fully saturated rings. The Hall–Kier alpha value is -2.29. The second-order valence-electron chi connectivity index (χ2n) is 6.05. The molecule has 2 aromatic rings. The largest absolute Gasteiger partial charge is 0.377 e. The molecule has 1 saturated heterocycles. The lowest BCUT2D eigenvalue weighted by atomic mass is 10.2. The number of carbonyl (C=O) groups is 1. The lowest BCUT2D eigenvalue weighted by Crippen LogP contribution is -2.31. The number of nitrogens with zero attached hydrogens (tertiary/aromatic N) is 1. The molecule has 2 N–H and O–H groups in total. The molecule has 0 aliphatic carbocycles. The van der Waals surface area contributed by atoms with E-state index in [1.165, 1.54) is 24.3 Å². The summed E-state index contributed by atoms with van der Waals surface area (Å²) in [7, 11) is -3.61. The van der Waals surface area contributed by atoms with Crippen LogP contribution in [0, 0.1) is 0 Å². The van der Waals surface area contributed by atoms with Crippen LogP contribution in [0.25, 0.3) is 0 Å². The number of pyridine rings is 1. The Kier molecular flexibility index (Phi) is 5.97. The van der Waals surface area contributed by atoms with Crippen LogP contribution in [0.15, 0.2) is 53.7 Å². The first kappa shape index (κ1) is 18.5. The second-order valence-corrected chi connectivity index (χ2v) is 7.82. The van der Waals surface area contributed by atoms with Gasteiger partial charge in [-0.2, -0.15) is 0 Å². The summed E-state index contributed by atoms with van der Waals surface area (Å²) < 4.78 is 32.6. The minimum absolute atomic E-state index is 0.0667. The van der Waals surface area contributed by atoms with E-state index in [4.69, 9.17) is 4.74 Å². The number of amides is 1. The van der Waals surface area contributed by atoms with Crippen molar-refractivity contribution >= 4 is 15.9 Å². The second kappa shape index (κ2) is 8.39. The van der Waals surface area contributed by atoms with Crippen LogP contribution in [0.2, 0.25) is 0 Å². The zero-order valence-electron chi connectivity index (χ0n) is 14.2. The summed E-state index contributed by atoms with van der Waals surface area (Å²) in [4.78, 5) is 16.2. The molecular weight excluding hydrogens is 354 g/mol. The van der Waals surface area contributed by atoms with Crippen LogP contribution in [0.1, 0.15) is 28.8 Å². The van der Waals surface area contributed by atoms with Gasteiger partial charge >= 0.3 is 0 Å². The summed E-state index contributed by atoms with van der Waals surface area (Å²) in [5.41, 5.74) is 1.34. The Balaban J connectivity index is 1.57. The summed E-state index contributed by atoms with van der Waals surface area (Å²) in [6.45, 7) is 1.32. The van der Waals surface area contributed by atoms with Crippen molar-refractivity contribution < 1.29 is 17.9 Å².